The molecule has 1 aromatic heterocycles. The van der Waals surface area contributed by atoms with Gasteiger partial charge in [-0.25, -0.2) is 4.98 Å². The quantitative estimate of drug-likeness (QED) is 0.470. The van der Waals surface area contributed by atoms with Crippen molar-refractivity contribution in [2.24, 2.45) is 0 Å². The summed E-state index contributed by atoms with van der Waals surface area (Å²) in [6, 6.07) is 15.8. The largest absolute Gasteiger partial charge is 0.248 e. The van der Waals surface area contributed by atoms with Crippen molar-refractivity contribution in [3.63, 3.8) is 0 Å². The van der Waals surface area contributed by atoms with E-state index < -0.39 is 0 Å². The van der Waals surface area contributed by atoms with Crippen molar-refractivity contribution < 1.29 is 0 Å². The maximum Gasteiger partial charge on any atom is 0.0738 e. The van der Waals surface area contributed by atoms with Gasteiger partial charge in [0.2, 0.25) is 0 Å². The lowest BCUT2D eigenvalue weighted by atomic mass is 9.63. The van der Waals surface area contributed by atoms with E-state index in [9.17, 15) is 0 Å². The highest BCUT2D eigenvalue weighted by atomic mass is 14.7. The molecule has 0 bridgehead atoms. The van der Waals surface area contributed by atoms with Gasteiger partial charge in [0.25, 0.3) is 0 Å². The van der Waals surface area contributed by atoms with Crippen LogP contribution in [0.5, 0.6) is 0 Å². The van der Waals surface area contributed by atoms with Crippen LogP contribution < -0.4 is 0 Å². The number of fused-ring (bicyclic) bond motifs is 2. The number of benzene rings is 2. The van der Waals surface area contributed by atoms with Crippen molar-refractivity contribution in [2.45, 2.75) is 65.2 Å². The summed E-state index contributed by atoms with van der Waals surface area (Å²) in [4.78, 5) is 5.02. The van der Waals surface area contributed by atoms with Gasteiger partial charge in [-0.2, -0.15) is 0 Å². The molecule has 0 atom stereocenters. The minimum atomic E-state index is 0.225. The van der Waals surface area contributed by atoms with Gasteiger partial charge < -0.3 is 0 Å². The average Bonchev–Trinajstić information content (AvgIpc) is 2.58. The Morgan fingerprint density at radius 2 is 1.46 bits per heavy atom. The summed E-state index contributed by atoms with van der Waals surface area (Å²) in [5, 5.41) is 1.23. The molecule has 0 saturated heterocycles. The molecular weight excluding hydrogens is 314 g/mol. The van der Waals surface area contributed by atoms with Crippen molar-refractivity contribution in [3.05, 3.63) is 64.7 Å². The number of hydrogen-bond donors (Lipinski definition) is 0. The van der Waals surface area contributed by atoms with Crippen molar-refractivity contribution in [3.8, 4) is 11.3 Å². The van der Waals surface area contributed by atoms with Crippen molar-refractivity contribution >= 4 is 10.9 Å². The van der Waals surface area contributed by atoms with E-state index in [4.69, 9.17) is 4.98 Å². The Morgan fingerprint density at radius 3 is 2.19 bits per heavy atom. The Hall–Kier alpha value is -2.15. The fourth-order valence-electron chi connectivity index (χ4n) is 4.43. The Balaban J connectivity index is 1.91. The maximum absolute atomic E-state index is 5.02. The predicted octanol–water partition coefficient (Wildman–Crippen LogP) is 6.87. The number of nitrogens with zero attached hydrogens (tertiary/aromatic N) is 1. The van der Waals surface area contributed by atoms with Gasteiger partial charge in [-0.1, -0.05) is 51.5 Å². The van der Waals surface area contributed by atoms with Crippen LogP contribution in [0.3, 0.4) is 0 Å². The van der Waals surface area contributed by atoms with Crippen LogP contribution in [-0.2, 0) is 10.8 Å². The molecule has 0 aliphatic heterocycles. The molecule has 0 amide bonds. The standard InChI is InChI=1S/C25H29N/c1-16-7-10-22-19(13-16)14-17(2)23(26-22)18-8-9-20-21(15-18)25(5,6)12-11-24(20,3)4/h7-10,13-15H,11-12H2,1-6H3. The third-order valence-corrected chi connectivity index (χ3v) is 6.29. The van der Waals surface area contributed by atoms with Gasteiger partial charge in [-0.15, -0.1) is 0 Å². The summed E-state index contributed by atoms with van der Waals surface area (Å²) in [5.74, 6) is 0. The number of pyridine rings is 1. The molecule has 0 radical (unpaired) electrons. The molecule has 1 heterocycles. The molecule has 1 nitrogen and oxygen atoms in total. The van der Waals surface area contributed by atoms with Gasteiger partial charge in [-0.05, 0) is 78.5 Å². The van der Waals surface area contributed by atoms with E-state index in [1.165, 1.54) is 46.0 Å². The van der Waals surface area contributed by atoms with E-state index in [1.807, 2.05) is 0 Å². The second-order valence-electron chi connectivity index (χ2n) is 9.38. The number of aryl methyl sites for hydroxylation is 2. The lowest BCUT2D eigenvalue weighted by Crippen LogP contribution is -2.33. The number of rotatable bonds is 1. The smallest absolute Gasteiger partial charge is 0.0738 e. The first kappa shape index (κ1) is 17.3. The van der Waals surface area contributed by atoms with Crippen molar-refractivity contribution in [2.75, 3.05) is 0 Å². The summed E-state index contributed by atoms with van der Waals surface area (Å²) in [6.07, 6.45) is 2.48. The summed E-state index contributed by atoms with van der Waals surface area (Å²) < 4.78 is 0. The average molecular weight is 344 g/mol. The topological polar surface area (TPSA) is 12.9 Å². The molecule has 134 valence electrons. The first-order valence-electron chi connectivity index (χ1n) is 9.71. The zero-order valence-electron chi connectivity index (χ0n) is 16.9. The molecule has 1 heteroatoms. The van der Waals surface area contributed by atoms with Crippen LogP contribution in [0.4, 0.5) is 0 Å². The van der Waals surface area contributed by atoms with E-state index in [-0.39, 0.29) is 10.8 Å². The number of hydrogen-bond acceptors (Lipinski definition) is 1. The Morgan fingerprint density at radius 1 is 0.769 bits per heavy atom. The highest BCUT2D eigenvalue weighted by Crippen LogP contribution is 2.46. The molecule has 26 heavy (non-hydrogen) atoms. The summed E-state index contributed by atoms with van der Waals surface area (Å²) in [5.41, 5.74) is 9.45. The van der Waals surface area contributed by atoms with Crippen molar-refractivity contribution in [1.82, 2.24) is 4.98 Å². The summed E-state index contributed by atoms with van der Waals surface area (Å²) >= 11 is 0. The zero-order valence-corrected chi connectivity index (χ0v) is 16.9. The third kappa shape index (κ3) is 2.74. The second kappa shape index (κ2) is 5.67. The molecule has 0 saturated carbocycles. The van der Waals surface area contributed by atoms with E-state index in [0.29, 0.717) is 0 Å². The van der Waals surface area contributed by atoms with E-state index in [0.717, 1.165) is 11.2 Å². The van der Waals surface area contributed by atoms with Crippen LogP contribution in [0.2, 0.25) is 0 Å². The Kier molecular flexibility index (Phi) is 3.77. The highest BCUT2D eigenvalue weighted by Gasteiger charge is 2.37. The van der Waals surface area contributed by atoms with Crippen LogP contribution in [0.15, 0.2) is 42.5 Å². The van der Waals surface area contributed by atoms with Crippen LogP contribution in [0, 0.1) is 13.8 Å². The van der Waals surface area contributed by atoms with Crippen molar-refractivity contribution in [1.29, 1.82) is 0 Å². The van der Waals surface area contributed by atoms with E-state index >= 15 is 0 Å². The molecule has 2 aromatic carbocycles. The van der Waals surface area contributed by atoms with Gasteiger partial charge in [0.05, 0.1) is 11.2 Å². The van der Waals surface area contributed by atoms with Crippen LogP contribution in [0.25, 0.3) is 22.2 Å². The molecule has 0 unspecified atom stereocenters. The predicted molar refractivity (Wildman–Crippen MR) is 112 cm³/mol. The molecule has 0 spiro atoms. The molecule has 4 rings (SSSR count). The van der Waals surface area contributed by atoms with Crippen LogP contribution in [0.1, 0.15) is 62.8 Å². The van der Waals surface area contributed by atoms with E-state index in [2.05, 4.69) is 84.0 Å². The van der Waals surface area contributed by atoms with Crippen LogP contribution in [-0.4, -0.2) is 4.98 Å². The molecule has 1 aliphatic rings. The molecular formula is C25H29N. The molecule has 0 fully saturated rings. The molecule has 1 aliphatic carbocycles. The van der Waals surface area contributed by atoms with Gasteiger partial charge in [0.15, 0.2) is 0 Å². The normalized spacial score (nSPS) is 17.9. The summed E-state index contributed by atoms with van der Waals surface area (Å²) in [6.45, 7) is 13.8. The highest BCUT2D eigenvalue weighted by molar-refractivity contribution is 5.84. The maximum atomic E-state index is 5.02. The first-order valence-corrected chi connectivity index (χ1v) is 9.71. The molecule has 3 aromatic rings. The lowest BCUT2D eigenvalue weighted by Gasteiger charge is -2.42. The minimum absolute atomic E-state index is 0.225. The zero-order chi connectivity index (χ0) is 18.7. The third-order valence-electron chi connectivity index (χ3n) is 6.29. The monoisotopic (exact) mass is 343 g/mol. The second-order valence-corrected chi connectivity index (χ2v) is 9.38. The van der Waals surface area contributed by atoms with Crippen LogP contribution >= 0.6 is 0 Å². The Labute approximate surface area is 157 Å². The van der Waals surface area contributed by atoms with Gasteiger partial charge in [0, 0.05) is 10.9 Å². The minimum Gasteiger partial charge on any atom is -0.248 e. The van der Waals surface area contributed by atoms with Gasteiger partial charge in [-0.3, -0.25) is 0 Å². The lowest BCUT2D eigenvalue weighted by molar-refractivity contribution is 0.332. The van der Waals surface area contributed by atoms with Gasteiger partial charge in [0.1, 0.15) is 0 Å². The summed E-state index contributed by atoms with van der Waals surface area (Å²) in [7, 11) is 0. The first-order chi connectivity index (χ1) is 12.2. The Bertz CT molecular complexity index is 1010. The fourth-order valence-corrected chi connectivity index (χ4v) is 4.43. The van der Waals surface area contributed by atoms with E-state index in [1.54, 1.807) is 0 Å². The fraction of sp³-hybridized carbons (Fsp3) is 0.400. The number of aromatic nitrogens is 1. The molecule has 0 N–H and O–H groups in total. The SMILES string of the molecule is Cc1ccc2nc(-c3ccc4c(c3)C(C)(C)CCC4(C)C)c(C)cc2c1. The van der Waals surface area contributed by atoms with Gasteiger partial charge >= 0.3 is 0 Å².